The Hall–Kier alpha value is -1.81. The van der Waals surface area contributed by atoms with E-state index in [9.17, 15) is 9.59 Å². The normalized spacial score (nSPS) is 38.3. The second-order valence-corrected chi connectivity index (χ2v) is 7.97. The van der Waals surface area contributed by atoms with Gasteiger partial charge in [-0.05, 0) is 54.7 Å². The number of likely N-dealkylation sites (tertiary alicyclic amines) is 1. The molecule has 0 aromatic heterocycles. The van der Waals surface area contributed by atoms with Gasteiger partial charge in [-0.2, -0.15) is 0 Å². The van der Waals surface area contributed by atoms with E-state index in [0.717, 1.165) is 11.3 Å². The van der Waals surface area contributed by atoms with Crippen LogP contribution in [0.3, 0.4) is 0 Å². The molecule has 0 radical (unpaired) electrons. The maximum atomic E-state index is 12.9. The van der Waals surface area contributed by atoms with Gasteiger partial charge in [-0.1, -0.05) is 29.8 Å². The minimum Gasteiger partial charge on any atom is -0.367 e. The SMILES string of the molecule is Cc1ccc(NCN2C(=O)[C@H]3[C@@H]4C=C[C@H]([C@H]5C[C@H]45)[C@@H]3C2=O)cc1Cl. The number of nitrogens with one attached hydrogen (secondary N) is 1. The zero-order valence-corrected chi connectivity index (χ0v) is 14.2. The molecule has 6 rings (SSSR count). The molecule has 1 saturated heterocycles. The van der Waals surface area contributed by atoms with Crippen LogP contribution < -0.4 is 5.32 Å². The van der Waals surface area contributed by atoms with E-state index in [1.165, 1.54) is 11.3 Å². The highest BCUT2D eigenvalue weighted by atomic mass is 35.5. The van der Waals surface area contributed by atoms with Gasteiger partial charge in [-0.15, -0.1) is 0 Å². The van der Waals surface area contributed by atoms with Crippen molar-refractivity contribution in [2.75, 3.05) is 12.0 Å². The van der Waals surface area contributed by atoms with Crippen molar-refractivity contribution < 1.29 is 9.59 Å². The summed E-state index contributed by atoms with van der Waals surface area (Å²) in [6.45, 7) is 2.16. The number of aryl methyl sites for hydroxylation is 1. The first kappa shape index (κ1) is 14.5. The van der Waals surface area contributed by atoms with Gasteiger partial charge in [-0.25, -0.2) is 0 Å². The lowest BCUT2D eigenvalue weighted by Crippen LogP contribution is -2.40. The first-order valence-electron chi connectivity index (χ1n) is 8.60. The number of hydrogen-bond donors (Lipinski definition) is 1. The van der Waals surface area contributed by atoms with Crippen LogP contribution in [0.15, 0.2) is 30.4 Å². The topological polar surface area (TPSA) is 49.4 Å². The summed E-state index contributed by atoms with van der Waals surface area (Å²) in [7, 11) is 0. The van der Waals surface area contributed by atoms with Gasteiger partial charge in [0.25, 0.3) is 0 Å². The van der Waals surface area contributed by atoms with Crippen molar-refractivity contribution in [3.05, 3.63) is 40.9 Å². The number of anilines is 1. The van der Waals surface area contributed by atoms with Gasteiger partial charge in [0.05, 0.1) is 18.5 Å². The van der Waals surface area contributed by atoms with Crippen LogP contribution in [0.25, 0.3) is 0 Å². The van der Waals surface area contributed by atoms with Crippen LogP contribution in [0.5, 0.6) is 0 Å². The molecule has 0 unspecified atom stereocenters. The highest BCUT2D eigenvalue weighted by Crippen LogP contribution is 2.65. The predicted octanol–water partition coefficient (Wildman–Crippen LogP) is 3.07. The van der Waals surface area contributed by atoms with E-state index in [2.05, 4.69) is 17.5 Å². The number of amides is 2. The molecule has 2 amide bonds. The zero-order chi connectivity index (χ0) is 16.6. The number of benzene rings is 1. The average Bonchev–Trinajstić information content (AvgIpc) is 3.35. The van der Waals surface area contributed by atoms with Crippen molar-refractivity contribution in [2.24, 2.45) is 35.5 Å². The number of hydrogen-bond acceptors (Lipinski definition) is 3. The van der Waals surface area contributed by atoms with Crippen molar-refractivity contribution in [3.63, 3.8) is 0 Å². The summed E-state index contributed by atoms with van der Waals surface area (Å²) in [6.07, 6.45) is 5.58. The van der Waals surface area contributed by atoms with E-state index < -0.39 is 0 Å². The molecule has 4 aliphatic carbocycles. The van der Waals surface area contributed by atoms with E-state index >= 15 is 0 Å². The lowest BCUT2D eigenvalue weighted by Gasteiger charge is -2.37. The molecule has 5 aliphatic rings. The lowest BCUT2D eigenvalue weighted by molar-refractivity contribution is -0.139. The largest absolute Gasteiger partial charge is 0.367 e. The minimum absolute atomic E-state index is 0.000378. The highest BCUT2D eigenvalue weighted by molar-refractivity contribution is 6.31. The number of allylic oxidation sites excluding steroid dienone is 2. The van der Waals surface area contributed by atoms with Gasteiger partial charge in [0.15, 0.2) is 0 Å². The number of nitrogens with zero attached hydrogens (tertiary/aromatic N) is 1. The van der Waals surface area contributed by atoms with Gasteiger partial charge >= 0.3 is 0 Å². The zero-order valence-electron chi connectivity index (χ0n) is 13.4. The molecular weight excluding hydrogens is 324 g/mol. The van der Waals surface area contributed by atoms with E-state index in [-0.39, 0.29) is 42.2 Å². The summed E-state index contributed by atoms with van der Waals surface area (Å²) in [5, 5.41) is 3.85. The Bertz CT molecular complexity index is 754. The number of imide groups is 1. The Morgan fingerprint density at radius 3 is 2.33 bits per heavy atom. The number of rotatable bonds is 3. The number of carbonyl (C=O) groups is 2. The van der Waals surface area contributed by atoms with Crippen molar-refractivity contribution >= 4 is 29.1 Å². The Morgan fingerprint density at radius 1 is 1.12 bits per heavy atom. The van der Waals surface area contributed by atoms with Crippen molar-refractivity contribution in [1.82, 2.24) is 4.90 Å². The summed E-state index contributed by atoms with van der Waals surface area (Å²) in [5.41, 5.74) is 1.83. The summed E-state index contributed by atoms with van der Waals surface area (Å²) in [6, 6.07) is 5.67. The Balaban J connectivity index is 1.36. The van der Waals surface area contributed by atoms with Crippen molar-refractivity contribution in [2.45, 2.75) is 13.3 Å². The number of halogens is 1. The molecule has 1 N–H and O–H groups in total. The van der Waals surface area contributed by atoms with Crippen LogP contribution in [-0.2, 0) is 9.59 Å². The highest BCUT2D eigenvalue weighted by Gasteiger charge is 2.66. The molecule has 5 heteroatoms. The van der Waals surface area contributed by atoms with E-state index in [4.69, 9.17) is 11.6 Å². The Labute approximate surface area is 145 Å². The van der Waals surface area contributed by atoms with Crippen LogP contribution >= 0.6 is 11.6 Å². The molecule has 1 aromatic carbocycles. The van der Waals surface area contributed by atoms with E-state index in [0.29, 0.717) is 16.9 Å². The van der Waals surface area contributed by atoms with Crippen LogP contribution in [-0.4, -0.2) is 23.4 Å². The third-order valence-corrected chi connectivity index (χ3v) is 6.77. The fourth-order valence-corrected chi connectivity index (χ4v) is 5.23. The van der Waals surface area contributed by atoms with Gasteiger partial charge in [0.2, 0.25) is 11.8 Å². The maximum Gasteiger partial charge on any atom is 0.235 e. The molecule has 2 saturated carbocycles. The summed E-state index contributed by atoms with van der Waals surface area (Å²) < 4.78 is 0. The second-order valence-electron chi connectivity index (χ2n) is 7.56. The standard InChI is InChI=1S/C19H19ClN2O2/c1-9-2-3-10(6-15(9)20)21-8-22-18(23)16-11-4-5-12(14-7-13(11)14)17(16)19(22)24/h2-6,11-14,16-17,21H,7-8H2,1H3/t11-,12-,13-,14-,16+,17+/m1/s1. The van der Waals surface area contributed by atoms with Gasteiger partial charge in [0.1, 0.15) is 0 Å². The first-order chi connectivity index (χ1) is 11.6. The summed E-state index contributed by atoms with van der Waals surface area (Å²) >= 11 is 6.14. The third kappa shape index (κ3) is 1.86. The fraction of sp³-hybridized carbons (Fsp3) is 0.474. The molecule has 4 nitrogen and oxygen atoms in total. The van der Waals surface area contributed by atoms with E-state index in [1.807, 2.05) is 25.1 Å². The third-order valence-electron chi connectivity index (χ3n) is 6.37. The molecule has 1 aliphatic heterocycles. The van der Waals surface area contributed by atoms with Gasteiger partial charge in [-0.3, -0.25) is 14.5 Å². The predicted molar refractivity (Wildman–Crippen MR) is 91.2 cm³/mol. The van der Waals surface area contributed by atoms with Crippen LogP contribution in [0, 0.1) is 42.4 Å². The molecule has 6 atom stereocenters. The molecule has 1 aromatic rings. The van der Waals surface area contributed by atoms with E-state index in [1.54, 1.807) is 0 Å². The molecular formula is C19H19ClN2O2. The Morgan fingerprint density at radius 2 is 1.75 bits per heavy atom. The summed E-state index contributed by atoms with van der Waals surface area (Å²) in [5.74, 6) is 1.59. The smallest absolute Gasteiger partial charge is 0.235 e. The molecule has 3 fully saturated rings. The van der Waals surface area contributed by atoms with Crippen LogP contribution in [0.1, 0.15) is 12.0 Å². The minimum atomic E-state index is -0.125. The quantitative estimate of drug-likeness (QED) is 0.678. The lowest BCUT2D eigenvalue weighted by atomic mass is 9.63. The second kappa shape index (κ2) is 4.85. The Kier molecular flexibility index (Phi) is 2.94. The van der Waals surface area contributed by atoms with Crippen molar-refractivity contribution in [1.29, 1.82) is 0 Å². The molecule has 124 valence electrons. The van der Waals surface area contributed by atoms with Crippen LogP contribution in [0.4, 0.5) is 5.69 Å². The monoisotopic (exact) mass is 342 g/mol. The number of carbonyl (C=O) groups excluding carboxylic acids is 2. The summed E-state index contributed by atoms with van der Waals surface area (Å²) in [4.78, 5) is 27.1. The fourth-order valence-electron chi connectivity index (χ4n) is 5.05. The van der Waals surface area contributed by atoms with Crippen molar-refractivity contribution in [3.8, 4) is 0 Å². The van der Waals surface area contributed by atoms with Gasteiger partial charge in [0, 0.05) is 10.7 Å². The molecule has 24 heavy (non-hydrogen) atoms. The maximum absolute atomic E-state index is 12.9. The van der Waals surface area contributed by atoms with Crippen LogP contribution in [0.2, 0.25) is 5.02 Å². The van der Waals surface area contributed by atoms with Gasteiger partial charge < -0.3 is 5.32 Å². The molecule has 2 bridgehead atoms. The molecule has 0 spiro atoms. The molecule has 1 heterocycles. The average molecular weight is 343 g/mol. The first-order valence-corrected chi connectivity index (χ1v) is 8.97.